The average Bonchev–Trinajstić information content (AvgIpc) is 1.97. The molecular formula is C8H16NOReS-. The fourth-order valence-electron chi connectivity index (χ4n) is 0.635. The van der Waals surface area contributed by atoms with Crippen molar-refractivity contribution in [3.63, 3.8) is 0 Å². The molecular weight excluding hydrogens is 344 g/mol. The summed E-state index contributed by atoms with van der Waals surface area (Å²) in [7, 11) is 0. The molecule has 0 rings (SSSR count). The first-order valence-electron chi connectivity index (χ1n) is 3.91. The fraction of sp³-hybridized carbons (Fsp3) is 0.750. The summed E-state index contributed by atoms with van der Waals surface area (Å²) in [5.74, 6) is 0.106. The molecule has 12 heavy (non-hydrogen) atoms. The molecule has 0 spiro atoms. The van der Waals surface area contributed by atoms with E-state index in [2.05, 4.69) is 24.9 Å². The number of hydrogen-bond donors (Lipinski definition) is 2. The molecule has 2 nitrogen and oxygen atoms in total. The molecule has 0 bridgehead atoms. The molecule has 0 saturated heterocycles. The Bertz CT molecular complexity index is 120. The number of carbonyl (C=O) groups is 1. The molecule has 1 amide bonds. The van der Waals surface area contributed by atoms with Crippen LogP contribution in [-0.4, -0.2) is 17.7 Å². The second kappa shape index (κ2) is 9.57. The van der Waals surface area contributed by atoms with Crippen LogP contribution in [0.1, 0.15) is 26.2 Å². The molecule has 0 fully saturated rings. The number of amides is 1. The van der Waals surface area contributed by atoms with Gasteiger partial charge in [0, 0.05) is 38.6 Å². The number of thiol groups is 1. The van der Waals surface area contributed by atoms with E-state index in [1.807, 2.05) is 6.92 Å². The molecule has 0 aromatic rings. The summed E-state index contributed by atoms with van der Waals surface area (Å²) < 4.78 is 0. The molecule has 0 saturated carbocycles. The smallest absolute Gasteiger partial charge is 0.219 e. The standard InChI is InChI=1S/C8H16NOS.Re/c1-3-4-5-8(10)9-6-7(2)11;/h7,11H,1,3-6H2,2H3,(H,9,10);/q-1;. The van der Waals surface area contributed by atoms with Crippen LogP contribution in [-0.2, 0) is 25.2 Å². The van der Waals surface area contributed by atoms with Gasteiger partial charge in [0.15, 0.2) is 0 Å². The Hall–Kier alpha value is 0.482. The molecule has 73 valence electrons. The van der Waals surface area contributed by atoms with Crippen molar-refractivity contribution in [3.05, 3.63) is 6.92 Å². The van der Waals surface area contributed by atoms with Gasteiger partial charge < -0.3 is 12.2 Å². The van der Waals surface area contributed by atoms with Gasteiger partial charge in [0.25, 0.3) is 0 Å². The Balaban J connectivity index is 0. The molecule has 0 aliphatic carbocycles. The zero-order chi connectivity index (χ0) is 8.69. The van der Waals surface area contributed by atoms with Crippen molar-refractivity contribution in [2.24, 2.45) is 0 Å². The van der Waals surface area contributed by atoms with E-state index >= 15 is 0 Å². The molecule has 4 heteroatoms. The first-order valence-corrected chi connectivity index (χ1v) is 4.42. The third-order valence-corrected chi connectivity index (χ3v) is 1.43. The number of unbranched alkanes of at least 4 members (excludes halogenated alkanes) is 1. The van der Waals surface area contributed by atoms with Crippen LogP contribution in [0.2, 0.25) is 0 Å². The quantitative estimate of drug-likeness (QED) is 0.564. The fourth-order valence-corrected chi connectivity index (χ4v) is 0.727. The minimum absolute atomic E-state index is 0. The third-order valence-electron chi connectivity index (χ3n) is 1.25. The number of rotatable bonds is 5. The SMILES string of the molecule is [CH2-]CCCC(=O)NCC(C)S.[Re]. The molecule has 1 N–H and O–H groups in total. The Morgan fingerprint density at radius 3 is 2.67 bits per heavy atom. The largest absolute Gasteiger partial charge is 0.355 e. The van der Waals surface area contributed by atoms with Gasteiger partial charge in [-0.2, -0.15) is 19.0 Å². The number of hydrogen-bond acceptors (Lipinski definition) is 2. The Kier molecular flexibility index (Phi) is 11.9. The van der Waals surface area contributed by atoms with Gasteiger partial charge in [-0.1, -0.05) is 13.3 Å². The van der Waals surface area contributed by atoms with E-state index in [0.29, 0.717) is 13.0 Å². The maximum atomic E-state index is 10.9. The molecule has 1 unspecified atom stereocenters. The predicted molar refractivity (Wildman–Crippen MR) is 50.7 cm³/mol. The van der Waals surface area contributed by atoms with Gasteiger partial charge in [-0.15, -0.1) is 0 Å². The van der Waals surface area contributed by atoms with Gasteiger partial charge in [-0.25, -0.2) is 0 Å². The van der Waals surface area contributed by atoms with Crippen LogP contribution in [0, 0.1) is 6.92 Å². The van der Waals surface area contributed by atoms with Gasteiger partial charge in [-0.05, 0) is 0 Å². The molecule has 0 aromatic carbocycles. The summed E-state index contributed by atoms with van der Waals surface area (Å²) >= 11 is 4.14. The van der Waals surface area contributed by atoms with Crippen molar-refractivity contribution in [2.75, 3.05) is 6.54 Å². The topological polar surface area (TPSA) is 29.1 Å². The molecule has 0 aliphatic rings. The van der Waals surface area contributed by atoms with E-state index < -0.39 is 0 Å². The van der Waals surface area contributed by atoms with E-state index in [0.717, 1.165) is 12.8 Å². The minimum Gasteiger partial charge on any atom is -0.355 e. The first-order chi connectivity index (χ1) is 5.16. The van der Waals surface area contributed by atoms with Crippen LogP contribution < -0.4 is 5.32 Å². The van der Waals surface area contributed by atoms with E-state index in [1.54, 1.807) is 0 Å². The average molecular weight is 360 g/mol. The van der Waals surface area contributed by atoms with Gasteiger partial charge in [0.1, 0.15) is 0 Å². The zero-order valence-electron chi connectivity index (χ0n) is 7.35. The maximum Gasteiger partial charge on any atom is 0.219 e. The molecule has 0 aromatic heterocycles. The van der Waals surface area contributed by atoms with Crippen LogP contribution in [0.5, 0.6) is 0 Å². The van der Waals surface area contributed by atoms with Gasteiger partial charge >= 0.3 is 0 Å². The van der Waals surface area contributed by atoms with E-state index in [9.17, 15) is 4.79 Å². The second-order valence-corrected chi connectivity index (χ2v) is 3.49. The van der Waals surface area contributed by atoms with Crippen molar-refractivity contribution in [1.82, 2.24) is 5.32 Å². The number of carbonyl (C=O) groups excluding carboxylic acids is 1. The normalized spacial score (nSPS) is 11.6. The van der Waals surface area contributed by atoms with Crippen molar-refractivity contribution in [2.45, 2.75) is 31.4 Å². The maximum absolute atomic E-state index is 10.9. The second-order valence-electron chi connectivity index (χ2n) is 2.61. The summed E-state index contributed by atoms with van der Waals surface area (Å²) in [5.41, 5.74) is 0. The van der Waals surface area contributed by atoms with Gasteiger partial charge in [0.2, 0.25) is 5.91 Å². The number of nitrogens with one attached hydrogen (secondary N) is 1. The third kappa shape index (κ3) is 10.5. The predicted octanol–water partition coefficient (Wildman–Crippen LogP) is 1.42. The summed E-state index contributed by atoms with van der Waals surface area (Å²) in [6, 6.07) is 0. The van der Waals surface area contributed by atoms with Crippen molar-refractivity contribution in [3.8, 4) is 0 Å². The molecule has 0 aliphatic heterocycles. The monoisotopic (exact) mass is 361 g/mol. The summed E-state index contributed by atoms with van der Waals surface area (Å²) in [4.78, 5) is 10.9. The van der Waals surface area contributed by atoms with Crippen LogP contribution in [0.25, 0.3) is 0 Å². The van der Waals surface area contributed by atoms with Crippen LogP contribution in [0.4, 0.5) is 0 Å². The van der Waals surface area contributed by atoms with Gasteiger partial charge in [-0.3, -0.25) is 4.79 Å². The van der Waals surface area contributed by atoms with Crippen molar-refractivity contribution < 1.29 is 25.2 Å². The van der Waals surface area contributed by atoms with E-state index in [1.165, 1.54) is 0 Å². The Labute approximate surface area is 93.9 Å². The molecule has 1 atom stereocenters. The van der Waals surface area contributed by atoms with Crippen LogP contribution in [0.3, 0.4) is 0 Å². The summed E-state index contributed by atoms with van der Waals surface area (Å²) in [5, 5.41) is 3.01. The molecule has 0 heterocycles. The first kappa shape index (κ1) is 15.0. The van der Waals surface area contributed by atoms with Crippen LogP contribution in [0.15, 0.2) is 0 Å². The zero-order valence-corrected chi connectivity index (χ0v) is 11.0. The molecule has 1 radical (unpaired) electrons. The summed E-state index contributed by atoms with van der Waals surface area (Å²) in [6.45, 7) is 6.26. The van der Waals surface area contributed by atoms with Crippen molar-refractivity contribution >= 4 is 18.5 Å². The van der Waals surface area contributed by atoms with E-state index in [-0.39, 0.29) is 31.6 Å². The Morgan fingerprint density at radius 1 is 1.67 bits per heavy atom. The Morgan fingerprint density at radius 2 is 2.25 bits per heavy atom. The van der Waals surface area contributed by atoms with E-state index in [4.69, 9.17) is 0 Å². The van der Waals surface area contributed by atoms with Crippen LogP contribution >= 0.6 is 12.6 Å². The van der Waals surface area contributed by atoms with Crippen molar-refractivity contribution in [1.29, 1.82) is 0 Å². The summed E-state index contributed by atoms with van der Waals surface area (Å²) in [6.07, 6.45) is 2.28. The van der Waals surface area contributed by atoms with Gasteiger partial charge in [0.05, 0.1) is 0 Å². The minimum atomic E-state index is 0.